The van der Waals surface area contributed by atoms with E-state index >= 15 is 0 Å². The largest absolute Gasteiger partial charge is 0.497 e. The maximum Gasteiger partial charge on any atom is 0.225 e. The van der Waals surface area contributed by atoms with Crippen molar-refractivity contribution in [2.24, 2.45) is 0 Å². The number of amides is 1. The summed E-state index contributed by atoms with van der Waals surface area (Å²) in [5, 5.41) is 3.99. The first-order chi connectivity index (χ1) is 11.7. The number of rotatable bonds is 5. The molecule has 0 aliphatic rings. The van der Waals surface area contributed by atoms with Crippen LogP contribution in [-0.2, 0) is 4.79 Å². The summed E-state index contributed by atoms with van der Waals surface area (Å²) >= 11 is 0. The van der Waals surface area contributed by atoms with Crippen LogP contribution in [0, 0.1) is 0 Å². The Labute approximate surface area is 141 Å². The molecule has 0 saturated carbocycles. The maximum absolute atomic E-state index is 12.4. The molecule has 3 rings (SSSR count). The first kappa shape index (κ1) is 16.0. The highest BCUT2D eigenvalue weighted by atomic mass is 16.5. The van der Waals surface area contributed by atoms with Gasteiger partial charge in [0.25, 0.3) is 0 Å². The van der Waals surface area contributed by atoms with Crippen LogP contribution >= 0.6 is 0 Å². The van der Waals surface area contributed by atoms with Crippen molar-refractivity contribution in [3.63, 3.8) is 0 Å². The molecule has 0 fully saturated rings. The van der Waals surface area contributed by atoms with Gasteiger partial charge in [0.15, 0.2) is 0 Å². The Hall–Kier alpha value is -2.88. The van der Waals surface area contributed by atoms with Crippen LogP contribution in [0.4, 0.5) is 5.69 Å². The fourth-order valence-corrected chi connectivity index (χ4v) is 2.73. The summed E-state index contributed by atoms with van der Waals surface area (Å²) in [6, 6.07) is 17.5. The van der Waals surface area contributed by atoms with Crippen LogP contribution in [0.2, 0.25) is 0 Å². The van der Waals surface area contributed by atoms with Gasteiger partial charge in [-0.2, -0.15) is 0 Å². The monoisotopic (exact) mass is 320 g/mol. The number of carbonyl (C=O) groups excluding carboxylic acids is 1. The summed E-state index contributed by atoms with van der Waals surface area (Å²) in [7, 11) is 1.64. The van der Waals surface area contributed by atoms with Crippen LogP contribution in [0.15, 0.2) is 60.8 Å². The van der Waals surface area contributed by atoms with E-state index in [-0.39, 0.29) is 11.8 Å². The molecule has 4 nitrogen and oxygen atoms in total. The lowest BCUT2D eigenvalue weighted by atomic mass is 9.97. The zero-order valence-corrected chi connectivity index (χ0v) is 13.8. The number of benzene rings is 2. The van der Waals surface area contributed by atoms with E-state index in [4.69, 9.17) is 4.74 Å². The lowest BCUT2D eigenvalue weighted by Crippen LogP contribution is -2.14. The summed E-state index contributed by atoms with van der Waals surface area (Å²) in [5.74, 6) is 0.924. The van der Waals surface area contributed by atoms with Crippen molar-refractivity contribution in [3.05, 3.63) is 66.4 Å². The number of hydrogen-bond acceptors (Lipinski definition) is 3. The van der Waals surface area contributed by atoms with Crippen molar-refractivity contribution in [1.29, 1.82) is 0 Å². The van der Waals surface area contributed by atoms with Crippen LogP contribution < -0.4 is 10.1 Å². The van der Waals surface area contributed by atoms with Crippen LogP contribution in [0.5, 0.6) is 5.75 Å². The zero-order valence-electron chi connectivity index (χ0n) is 13.8. The quantitative estimate of drug-likeness (QED) is 0.759. The third-order valence-corrected chi connectivity index (χ3v) is 4.08. The van der Waals surface area contributed by atoms with Gasteiger partial charge in [-0.25, -0.2) is 0 Å². The molecule has 2 aromatic carbocycles. The van der Waals surface area contributed by atoms with Crippen molar-refractivity contribution in [3.8, 4) is 5.75 Å². The van der Waals surface area contributed by atoms with E-state index in [0.717, 1.165) is 27.9 Å². The van der Waals surface area contributed by atoms with Crippen LogP contribution in [-0.4, -0.2) is 18.0 Å². The molecule has 1 amide bonds. The molecule has 0 spiro atoms. The Morgan fingerprint density at radius 3 is 2.62 bits per heavy atom. The molecule has 122 valence electrons. The molecule has 24 heavy (non-hydrogen) atoms. The van der Waals surface area contributed by atoms with E-state index in [9.17, 15) is 4.79 Å². The Balaban J connectivity index is 1.70. The third-order valence-electron chi connectivity index (χ3n) is 4.08. The maximum atomic E-state index is 12.4. The third kappa shape index (κ3) is 3.54. The summed E-state index contributed by atoms with van der Waals surface area (Å²) in [5.41, 5.74) is 2.67. The molecule has 0 aliphatic heterocycles. The fraction of sp³-hybridized carbons (Fsp3) is 0.200. The molecule has 1 heterocycles. The molecule has 3 aromatic rings. The lowest BCUT2D eigenvalue weighted by Gasteiger charge is -2.13. The highest BCUT2D eigenvalue weighted by Crippen LogP contribution is 2.24. The van der Waals surface area contributed by atoms with Crippen molar-refractivity contribution >= 4 is 22.5 Å². The second-order valence-corrected chi connectivity index (χ2v) is 5.81. The molecule has 0 radical (unpaired) electrons. The number of carbonyl (C=O) groups is 1. The minimum absolute atomic E-state index is 0.0172. The number of hydrogen-bond donors (Lipinski definition) is 1. The Kier molecular flexibility index (Phi) is 4.75. The standard InChI is InChI=1S/C20H20N2O2/c1-14(15-8-10-17(24-2)11-9-15)13-19(23)22-18-7-3-5-16-6-4-12-21-20(16)18/h3-12,14H,13H2,1-2H3,(H,22,23). The Bertz CT molecular complexity index is 838. The number of pyridine rings is 1. The minimum Gasteiger partial charge on any atom is -0.497 e. The Morgan fingerprint density at radius 1 is 1.12 bits per heavy atom. The highest BCUT2D eigenvalue weighted by Gasteiger charge is 2.13. The fourth-order valence-electron chi connectivity index (χ4n) is 2.73. The number of fused-ring (bicyclic) bond motifs is 1. The van der Waals surface area contributed by atoms with Gasteiger partial charge in [0.1, 0.15) is 5.75 Å². The van der Waals surface area contributed by atoms with Crippen LogP contribution in [0.25, 0.3) is 10.9 Å². The van der Waals surface area contributed by atoms with Gasteiger partial charge in [0.2, 0.25) is 5.91 Å². The van der Waals surface area contributed by atoms with Crippen LogP contribution in [0.1, 0.15) is 24.8 Å². The van der Waals surface area contributed by atoms with Crippen LogP contribution in [0.3, 0.4) is 0 Å². The molecule has 0 saturated heterocycles. The molecule has 1 unspecified atom stereocenters. The first-order valence-electron chi connectivity index (χ1n) is 7.95. The van der Waals surface area contributed by atoms with E-state index in [1.54, 1.807) is 13.3 Å². The predicted molar refractivity (Wildman–Crippen MR) is 96.4 cm³/mol. The minimum atomic E-state index is -0.0172. The first-order valence-corrected chi connectivity index (χ1v) is 7.95. The summed E-state index contributed by atoms with van der Waals surface area (Å²) < 4.78 is 5.16. The Morgan fingerprint density at radius 2 is 1.88 bits per heavy atom. The van der Waals surface area contributed by atoms with Gasteiger partial charge in [-0.3, -0.25) is 9.78 Å². The predicted octanol–water partition coefficient (Wildman–Crippen LogP) is 4.38. The van der Waals surface area contributed by atoms with Crippen molar-refractivity contribution in [2.45, 2.75) is 19.3 Å². The second kappa shape index (κ2) is 7.13. The normalized spacial score (nSPS) is 11.9. The number of ether oxygens (including phenoxy) is 1. The molecule has 0 bridgehead atoms. The number of methoxy groups -OCH3 is 1. The zero-order chi connectivity index (χ0) is 16.9. The molecule has 1 atom stereocenters. The van der Waals surface area contributed by atoms with Gasteiger partial charge in [-0.15, -0.1) is 0 Å². The van der Waals surface area contributed by atoms with Gasteiger partial charge in [0, 0.05) is 18.0 Å². The SMILES string of the molecule is COc1ccc(C(C)CC(=O)Nc2cccc3cccnc23)cc1. The van der Waals surface area contributed by atoms with E-state index in [2.05, 4.69) is 10.3 Å². The number of nitrogens with one attached hydrogen (secondary N) is 1. The summed E-state index contributed by atoms with van der Waals surface area (Å²) in [4.78, 5) is 16.8. The number of anilines is 1. The molecule has 1 N–H and O–H groups in total. The average molecular weight is 320 g/mol. The summed E-state index contributed by atoms with van der Waals surface area (Å²) in [6.45, 7) is 2.04. The van der Waals surface area contributed by atoms with E-state index < -0.39 is 0 Å². The smallest absolute Gasteiger partial charge is 0.225 e. The van der Waals surface area contributed by atoms with Crippen molar-refractivity contribution in [2.75, 3.05) is 12.4 Å². The number of para-hydroxylation sites is 1. The molecular weight excluding hydrogens is 300 g/mol. The highest BCUT2D eigenvalue weighted by molar-refractivity contribution is 6.00. The van der Waals surface area contributed by atoms with Crippen molar-refractivity contribution < 1.29 is 9.53 Å². The molecule has 0 aliphatic carbocycles. The van der Waals surface area contributed by atoms with Gasteiger partial charge in [0.05, 0.1) is 18.3 Å². The molecule has 4 heteroatoms. The molecule has 1 aromatic heterocycles. The lowest BCUT2D eigenvalue weighted by molar-refractivity contribution is -0.116. The second-order valence-electron chi connectivity index (χ2n) is 5.81. The van der Waals surface area contributed by atoms with E-state index in [0.29, 0.717) is 6.42 Å². The number of aromatic nitrogens is 1. The number of nitrogens with zero attached hydrogens (tertiary/aromatic N) is 1. The molecular formula is C20H20N2O2. The topological polar surface area (TPSA) is 51.2 Å². The van der Waals surface area contributed by atoms with E-state index in [1.165, 1.54) is 0 Å². The van der Waals surface area contributed by atoms with E-state index in [1.807, 2.05) is 61.5 Å². The summed E-state index contributed by atoms with van der Waals surface area (Å²) in [6.07, 6.45) is 2.15. The van der Waals surface area contributed by atoms with Gasteiger partial charge < -0.3 is 10.1 Å². The average Bonchev–Trinajstić information content (AvgIpc) is 2.62. The van der Waals surface area contributed by atoms with Gasteiger partial charge in [-0.05, 0) is 35.7 Å². The van der Waals surface area contributed by atoms with Gasteiger partial charge in [-0.1, -0.05) is 37.3 Å². The van der Waals surface area contributed by atoms with Gasteiger partial charge >= 0.3 is 0 Å². The van der Waals surface area contributed by atoms with Crippen molar-refractivity contribution in [1.82, 2.24) is 4.98 Å².